The van der Waals surface area contributed by atoms with Crippen molar-refractivity contribution in [2.75, 3.05) is 45.8 Å². The normalized spacial score (nSPS) is 29.1. The first-order valence-electron chi connectivity index (χ1n) is 7.42. The molecule has 2 N–H and O–H groups in total. The lowest BCUT2D eigenvalue weighted by Gasteiger charge is -2.37. The minimum Gasteiger partial charge on any atom is -0.387 e. The van der Waals surface area contributed by atoms with Gasteiger partial charge in [0.2, 0.25) is 0 Å². The molecule has 2 saturated heterocycles. The number of β-amino-alcohol motifs (C(OH)–C–C–N with tert-alkyl or cyclic N) is 1. The van der Waals surface area contributed by atoms with Gasteiger partial charge in [-0.2, -0.15) is 0 Å². The SMILES string of the molecule is Cc1nc(CN2CCN(CC3(O)CCNC3)CC2)cs1. The Kier molecular flexibility index (Phi) is 4.37. The lowest BCUT2D eigenvalue weighted by atomic mass is 10.0. The molecule has 1 atom stereocenters. The Morgan fingerprint density at radius 2 is 2.10 bits per heavy atom. The van der Waals surface area contributed by atoms with Crippen LogP contribution in [0, 0.1) is 6.92 Å². The van der Waals surface area contributed by atoms with Crippen LogP contribution in [0.5, 0.6) is 0 Å². The van der Waals surface area contributed by atoms with Gasteiger partial charge in [-0.15, -0.1) is 11.3 Å². The highest BCUT2D eigenvalue weighted by molar-refractivity contribution is 7.09. The zero-order valence-electron chi connectivity index (χ0n) is 12.1. The van der Waals surface area contributed by atoms with E-state index in [9.17, 15) is 5.11 Å². The number of aryl methyl sites for hydroxylation is 1. The molecule has 5 nitrogen and oxygen atoms in total. The summed E-state index contributed by atoms with van der Waals surface area (Å²) in [4.78, 5) is 9.39. The van der Waals surface area contributed by atoms with Crippen LogP contribution in [0.2, 0.25) is 0 Å². The Labute approximate surface area is 124 Å². The third-order valence-corrected chi connectivity index (χ3v) is 5.08. The molecule has 0 saturated carbocycles. The van der Waals surface area contributed by atoms with Crippen LogP contribution in [-0.4, -0.2) is 71.3 Å². The van der Waals surface area contributed by atoms with Gasteiger partial charge in [0.15, 0.2) is 0 Å². The van der Waals surface area contributed by atoms with Crippen LogP contribution in [-0.2, 0) is 6.54 Å². The van der Waals surface area contributed by atoms with Gasteiger partial charge in [0.1, 0.15) is 0 Å². The smallest absolute Gasteiger partial charge is 0.0909 e. The lowest BCUT2D eigenvalue weighted by Crippen LogP contribution is -2.52. The van der Waals surface area contributed by atoms with Crippen LogP contribution in [0.15, 0.2) is 5.38 Å². The maximum absolute atomic E-state index is 10.4. The van der Waals surface area contributed by atoms with Crippen LogP contribution in [0.3, 0.4) is 0 Å². The fraction of sp³-hybridized carbons (Fsp3) is 0.786. The van der Waals surface area contributed by atoms with E-state index in [4.69, 9.17) is 0 Å². The molecule has 0 bridgehead atoms. The third-order valence-electron chi connectivity index (χ3n) is 4.26. The zero-order valence-corrected chi connectivity index (χ0v) is 13.0. The van der Waals surface area contributed by atoms with Gasteiger partial charge < -0.3 is 10.4 Å². The molecule has 1 unspecified atom stereocenters. The standard InChI is InChI=1S/C14H24N4OS/c1-12-16-13(9-20-12)8-17-4-6-18(7-5-17)11-14(19)2-3-15-10-14/h9,15,19H,2-8,10-11H2,1H3. The summed E-state index contributed by atoms with van der Waals surface area (Å²) in [6, 6.07) is 0. The number of hydrogen-bond donors (Lipinski definition) is 2. The van der Waals surface area contributed by atoms with E-state index in [1.54, 1.807) is 11.3 Å². The maximum atomic E-state index is 10.4. The number of aliphatic hydroxyl groups is 1. The number of thiazole rings is 1. The molecular formula is C14H24N4OS. The molecule has 2 fully saturated rings. The summed E-state index contributed by atoms with van der Waals surface area (Å²) in [5.74, 6) is 0. The van der Waals surface area contributed by atoms with Crippen molar-refractivity contribution in [3.8, 4) is 0 Å². The van der Waals surface area contributed by atoms with Crippen molar-refractivity contribution in [2.24, 2.45) is 0 Å². The fourth-order valence-electron chi connectivity index (χ4n) is 3.10. The summed E-state index contributed by atoms with van der Waals surface area (Å²) in [5, 5.41) is 17.0. The van der Waals surface area contributed by atoms with Gasteiger partial charge in [-0.1, -0.05) is 0 Å². The van der Waals surface area contributed by atoms with Crippen molar-refractivity contribution >= 4 is 11.3 Å². The summed E-state index contributed by atoms with van der Waals surface area (Å²) >= 11 is 1.73. The highest BCUT2D eigenvalue weighted by Gasteiger charge is 2.33. The molecular weight excluding hydrogens is 272 g/mol. The van der Waals surface area contributed by atoms with Crippen molar-refractivity contribution in [2.45, 2.75) is 25.5 Å². The molecule has 0 amide bonds. The molecule has 0 radical (unpaired) electrons. The Morgan fingerprint density at radius 3 is 2.70 bits per heavy atom. The second-order valence-corrected chi connectivity index (χ2v) is 7.12. The van der Waals surface area contributed by atoms with Crippen LogP contribution in [0.4, 0.5) is 0 Å². The van der Waals surface area contributed by atoms with Crippen LogP contribution in [0.1, 0.15) is 17.1 Å². The summed E-state index contributed by atoms with van der Waals surface area (Å²) in [5.41, 5.74) is 0.688. The van der Waals surface area contributed by atoms with Crippen molar-refractivity contribution in [3.05, 3.63) is 16.1 Å². The minimum absolute atomic E-state index is 0.506. The zero-order chi connectivity index (χ0) is 14.0. The third kappa shape index (κ3) is 3.56. The van der Waals surface area contributed by atoms with Crippen molar-refractivity contribution in [1.29, 1.82) is 0 Å². The van der Waals surface area contributed by atoms with E-state index in [0.29, 0.717) is 0 Å². The van der Waals surface area contributed by atoms with Crippen molar-refractivity contribution < 1.29 is 5.11 Å². The van der Waals surface area contributed by atoms with Gasteiger partial charge in [0, 0.05) is 51.2 Å². The van der Waals surface area contributed by atoms with E-state index in [1.165, 1.54) is 5.69 Å². The molecule has 1 aromatic rings. The van der Waals surface area contributed by atoms with E-state index < -0.39 is 5.60 Å². The molecule has 112 valence electrons. The predicted molar refractivity (Wildman–Crippen MR) is 81.0 cm³/mol. The molecule has 2 aliphatic rings. The molecule has 1 aromatic heterocycles. The molecule has 20 heavy (non-hydrogen) atoms. The first-order chi connectivity index (χ1) is 9.63. The van der Waals surface area contributed by atoms with Gasteiger partial charge in [0.05, 0.1) is 16.3 Å². The molecule has 2 aliphatic heterocycles. The highest BCUT2D eigenvalue weighted by Crippen LogP contribution is 2.18. The van der Waals surface area contributed by atoms with Gasteiger partial charge >= 0.3 is 0 Å². The summed E-state index contributed by atoms with van der Waals surface area (Å²) in [7, 11) is 0. The predicted octanol–water partition coefficient (Wildman–Crippen LogP) is 0.294. The van der Waals surface area contributed by atoms with Gasteiger partial charge in [0.25, 0.3) is 0 Å². The Morgan fingerprint density at radius 1 is 1.35 bits per heavy atom. The number of rotatable bonds is 4. The number of nitrogens with zero attached hydrogens (tertiary/aromatic N) is 3. The van der Waals surface area contributed by atoms with E-state index >= 15 is 0 Å². The van der Waals surface area contributed by atoms with E-state index in [1.807, 2.05) is 0 Å². The largest absolute Gasteiger partial charge is 0.387 e. The second kappa shape index (κ2) is 6.07. The van der Waals surface area contributed by atoms with Gasteiger partial charge in [-0.3, -0.25) is 9.80 Å². The Hall–Kier alpha value is -0.530. The van der Waals surface area contributed by atoms with Crippen molar-refractivity contribution in [3.63, 3.8) is 0 Å². The average Bonchev–Trinajstić information content (AvgIpc) is 3.01. The van der Waals surface area contributed by atoms with E-state index in [0.717, 1.165) is 63.8 Å². The first kappa shape index (κ1) is 14.4. The topological polar surface area (TPSA) is 51.6 Å². The number of nitrogens with one attached hydrogen (secondary N) is 1. The van der Waals surface area contributed by atoms with Crippen LogP contribution in [0.25, 0.3) is 0 Å². The molecule has 3 heterocycles. The van der Waals surface area contributed by atoms with E-state index in [-0.39, 0.29) is 0 Å². The summed E-state index contributed by atoms with van der Waals surface area (Å²) in [6.07, 6.45) is 0.880. The molecule has 0 aliphatic carbocycles. The molecule has 0 spiro atoms. The van der Waals surface area contributed by atoms with Crippen molar-refractivity contribution in [1.82, 2.24) is 20.1 Å². The number of piperazine rings is 1. The fourth-order valence-corrected chi connectivity index (χ4v) is 3.70. The van der Waals surface area contributed by atoms with Gasteiger partial charge in [-0.05, 0) is 19.9 Å². The Bertz CT molecular complexity index is 436. The molecule has 3 rings (SSSR count). The summed E-state index contributed by atoms with van der Waals surface area (Å²) < 4.78 is 0. The quantitative estimate of drug-likeness (QED) is 0.837. The number of hydrogen-bond acceptors (Lipinski definition) is 6. The van der Waals surface area contributed by atoms with Gasteiger partial charge in [-0.25, -0.2) is 4.98 Å². The minimum atomic E-state index is -0.506. The monoisotopic (exact) mass is 296 g/mol. The first-order valence-corrected chi connectivity index (χ1v) is 8.30. The average molecular weight is 296 g/mol. The highest BCUT2D eigenvalue weighted by atomic mass is 32.1. The summed E-state index contributed by atoms with van der Waals surface area (Å²) in [6.45, 7) is 9.75. The van der Waals surface area contributed by atoms with Crippen LogP contribution >= 0.6 is 11.3 Å². The maximum Gasteiger partial charge on any atom is 0.0909 e. The second-order valence-electron chi connectivity index (χ2n) is 6.06. The van der Waals surface area contributed by atoms with Crippen LogP contribution < -0.4 is 5.32 Å². The number of aromatic nitrogens is 1. The Balaban J connectivity index is 1.45. The molecule has 0 aromatic carbocycles. The van der Waals surface area contributed by atoms with E-state index in [2.05, 4.69) is 32.4 Å². The lowest BCUT2D eigenvalue weighted by molar-refractivity contribution is 0.00416. The molecule has 6 heteroatoms.